The zero-order valence-electron chi connectivity index (χ0n) is 10.9. The Hall–Kier alpha value is -0.870. The van der Waals surface area contributed by atoms with E-state index in [0.29, 0.717) is 6.04 Å². The standard InChI is InChI=1S/C13H23N3O/c1-3-16-7-6-15-13(16)10-12(14-2)11-4-8-17-9-5-11/h6-7,11-12,14H,3-5,8-10H2,1-2H3. The molecule has 0 spiro atoms. The van der Waals surface area contributed by atoms with Gasteiger partial charge in [-0.15, -0.1) is 0 Å². The lowest BCUT2D eigenvalue weighted by molar-refractivity contribution is 0.0544. The van der Waals surface area contributed by atoms with Crippen LogP contribution in [0, 0.1) is 5.92 Å². The van der Waals surface area contributed by atoms with E-state index in [-0.39, 0.29) is 0 Å². The summed E-state index contributed by atoms with van der Waals surface area (Å²) in [7, 11) is 2.05. The Morgan fingerprint density at radius 2 is 2.29 bits per heavy atom. The quantitative estimate of drug-likeness (QED) is 0.842. The number of ether oxygens (including phenoxy) is 1. The SMILES string of the molecule is CCn1ccnc1CC(NC)C1CCOCC1. The summed E-state index contributed by atoms with van der Waals surface area (Å²) in [4.78, 5) is 4.46. The molecule has 0 radical (unpaired) electrons. The highest BCUT2D eigenvalue weighted by Crippen LogP contribution is 2.21. The molecule has 1 aliphatic rings. The van der Waals surface area contributed by atoms with Crippen molar-refractivity contribution in [2.75, 3.05) is 20.3 Å². The first-order valence-electron chi connectivity index (χ1n) is 6.60. The van der Waals surface area contributed by atoms with Crippen molar-refractivity contribution in [3.8, 4) is 0 Å². The Morgan fingerprint density at radius 1 is 1.53 bits per heavy atom. The predicted octanol–water partition coefficient (Wildman–Crippen LogP) is 1.46. The van der Waals surface area contributed by atoms with Gasteiger partial charge in [-0.3, -0.25) is 0 Å². The summed E-state index contributed by atoms with van der Waals surface area (Å²) in [5.74, 6) is 1.91. The molecule has 1 atom stereocenters. The number of aromatic nitrogens is 2. The molecule has 0 amide bonds. The van der Waals surface area contributed by atoms with E-state index < -0.39 is 0 Å². The van der Waals surface area contributed by atoms with Gasteiger partial charge >= 0.3 is 0 Å². The molecule has 0 aliphatic carbocycles. The lowest BCUT2D eigenvalue weighted by Gasteiger charge is -2.30. The Bertz CT molecular complexity index is 331. The maximum Gasteiger partial charge on any atom is 0.110 e. The van der Waals surface area contributed by atoms with Gasteiger partial charge in [0.15, 0.2) is 0 Å². The van der Waals surface area contributed by atoms with Crippen LogP contribution >= 0.6 is 0 Å². The van der Waals surface area contributed by atoms with E-state index in [1.165, 1.54) is 18.7 Å². The number of nitrogens with one attached hydrogen (secondary N) is 1. The van der Waals surface area contributed by atoms with Crippen LogP contribution < -0.4 is 5.32 Å². The Balaban J connectivity index is 1.98. The molecule has 0 aromatic carbocycles. The summed E-state index contributed by atoms with van der Waals surface area (Å²) in [5.41, 5.74) is 0. The van der Waals surface area contributed by atoms with Crippen LogP contribution in [-0.4, -0.2) is 35.9 Å². The smallest absolute Gasteiger partial charge is 0.110 e. The van der Waals surface area contributed by atoms with E-state index >= 15 is 0 Å². The van der Waals surface area contributed by atoms with E-state index in [2.05, 4.69) is 35.0 Å². The molecule has 1 N–H and O–H groups in total. The van der Waals surface area contributed by atoms with Crippen LogP contribution in [0.5, 0.6) is 0 Å². The van der Waals surface area contributed by atoms with Crippen molar-refractivity contribution in [3.05, 3.63) is 18.2 Å². The Labute approximate surface area is 103 Å². The van der Waals surface area contributed by atoms with Gasteiger partial charge in [0.25, 0.3) is 0 Å². The van der Waals surface area contributed by atoms with Crippen LogP contribution in [-0.2, 0) is 17.7 Å². The van der Waals surface area contributed by atoms with Crippen LogP contribution in [0.15, 0.2) is 12.4 Å². The monoisotopic (exact) mass is 237 g/mol. The van der Waals surface area contributed by atoms with Gasteiger partial charge in [0, 0.05) is 44.6 Å². The fourth-order valence-electron chi connectivity index (χ4n) is 2.64. The van der Waals surface area contributed by atoms with Crippen molar-refractivity contribution in [2.45, 2.75) is 38.8 Å². The number of likely N-dealkylation sites (N-methyl/N-ethyl adjacent to an activating group) is 1. The van der Waals surface area contributed by atoms with E-state index in [9.17, 15) is 0 Å². The predicted molar refractivity (Wildman–Crippen MR) is 68.0 cm³/mol. The van der Waals surface area contributed by atoms with Crippen LogP contribution in [0.4, 0.5) is 0 Å². The van der Waals surface area contributed by atoms with Crippen molar-refractivity contribution in [3.63, 3.8) is 0 Å². The molecule has 2 rings (SSSR count). The van der Waals surface area contributed by atoms with E-state index in [4.69, 9.17) is 4.74 Å². The molecule has 4 nitrogen and oxygen atoms in total. The molecule has 0 saturated carbocycles. The van der Waals surface area contributed by atoms with E-state index in [1.807, 2.05) is 6.20 Å². The second kappa shape index (κ2) is 6.17. The first kappa shape index (κ1) is 12.6. The summed E-state index contributed by atoms with van der Waals surface area (Å²) in [6.45, 7) is 4.98. The zero-order valence-corrected chi connectivity index (χ0v) is 10.9. The highest BCUT2D eigenvalue weighted by molar-refractivity contribution is 4.97. The molecule has 1 saturated heterocycles. The number of aryl methyl sites for hydroxylation is 1. The molecule has 1 fully saturated rings. The van der Waals surface area contributed by atoms with Crippen LogP contribution in [0.2, 0.25) is 0 Å². The lowest BCUT2D eigenvalue weighted by atomic mass is 9.89. The molecular weight excluding hydrogens is 214 g/mol. The van der Waals surface area contributed by atoms with Gasteiger partial charge in [0.2, 0.25) is 0 Å². The minimum absolute atomic E-state index is 0.520. The van der Waals surface area contributed by atoms with Crippen molar-refractivity contribution < 1.29 is 4.74 Å². The minimum Gasteiger partial charge on any atom is -0.381 e. The van der Waals surface area contributed by atoms with Gasteiger partial charge in [0.05, 0.1) is 0 Å². The summed E-state index contributed by atoms with van der Waals surface area (Å²) in [5, 5.41) is 3.45. The average molecular weight is 237 g/mol. The normalized spacial score (nSPS) is 19.4. The summed E-state index contributed by atoms with van der Waals surface area (Å²) < 4.78 is 7.65. The van der Waals surface area contributed by atoms with Crippen molar-refractivity contribution >= 4 is 0 Å². The lowest BCUT2D eigenvalue weighted by Crippen LogP contribution is -2.39. The van der Waals surface area contributed by atoms with Crippen LogP contribution in [0.25, 0.3) is 0 Å². The van der Waals surface area contributed by atoms with Gasteiger partial charge in [-0.25, -0.2) is 4.98 Å². The van der Waals surface area contributed by atoms with Gasteiger partial charge in [-0.1, -0.05) is 0 Å². The summed E-state index contributed by atoms with van der Waals surface area (Å²) in [6, 6.07) is 0.520. The van der Waals surface area contributed by atoms with Crippen LogP contribution in [0.3, 0.4) is 0 Å². The summed E-state index contributed by atoms with van der Waals surface area (Å²) >= 11 is 0. The average Bonchev–Trinajstić information content (AvgIpc) is 2.84. The molecule has 1 unspecified atom stereocenters. The first-order chi connectivity index (χ1) is 8.35. The molecule has 17 heavy (non-hydrogen) atoms. The molecule has 1 aromatic heterocycles. The van der Waals surface area contributed by atoms with Crippen molar-refractivity contribution in [1.82, 2.24) is 14.9 Å². The van der Waals surface area contributed by atoms with E-state index in [1.54, 1.807) is 0 Å². The van der Waals surface area contributed by atoms with Gasteiger partial charge in [0.1, 0.15) is 5.82 Å². The van der Waals surface area contributed by atoms with Gasteiger partial charge in [-0.05, 0) is 32.7 Å². The second-order valence-electron chi connectivity index (χ2n) is 4.68. The first-order valence-corrected chi connectivity index (χ1v) is 6.60. The largest absolute Gasteiger partial charge is 0.381 e. The molecule has 1 aliphatic heterocycles. The molecule has 0 bridgehead atoms. The molecule has 2 heterocycles. The zero-order chi connectivity index (χ0) is 12.1. The maximum atomic E-state index is 5.43. The third-order valence-corrected chi connectivity index (χ3v) is 3.75. The van der Waals surface area contributed by atoms with Crippen molar-refractivity contribution in [1.29, 1.82) is 0 Å². The third-order valence-electron chi connectivity index (χ3n) is 3.75. The van der Waals surface area contributed by atoms with Gasteiger partial charge < -0.3 is 14.6 Å². The van der Waals surface area contributed by atoms with E-state index in [0.717, 1.165) is 32.1 Å². The summed E-state index contributed by atoms with van der Waals surface area (Å²) in [6.07, 6.45) is 7.31. The minimum atomic E-state index is 0.520. The topological polar surface area (TPSA) is 39.1 Å². The number of imidazole rings is 1. The highest BCUT2D eigenvalue weighted by Gasteiger charge is 2.24. The molecule has 96 valence electrons. The molecular formula is C13H23N3O. The Kier molecular flexibility index (Phi) is 4.57. The van der Waals surface area contributed by atoms with Crippen molar-refractivity contribution in [2.24, 2.45) is 5.92 Å². The second-order valence-corrected chi connectivity index (χ2v) is 4.68. The highest BCUT2D eigenvalue weighted by atomic mass is 16.5. The Morgan fingerprint density at radius 3 is 2.94 bits per heavy atom. The fraction of sp³-hybridized carbons (Fsp3) is 0.769. The number of rotatable bonds is 5. The molecule has 1 aromatic rings. The fourth-order valence-corrected chi connectivity index (χ4v) is 2.64. The number of hydrogen-bond acceptors (Lipinski definition) is 3. The molecule has 4 heteroatoms. The van der Waals surface area contributed by atoms with Gasteiger partial charge in [-0.2, -0.15) is 0 Å². The van der Waals surface area contributed by atoms with Crippen LogP contribution in [0.1, 0.15) is 25.6 Å². The third kappa shape index (κ3) is 3.07. The number of nitrogens with zero attached hydrogens (tertiary/aromatic N) is 2. The number of hydrogen-bond donors (Lipinski definition) is 1. The maximum absolute atomic E-state index is 5.43.